The molecule has 2 atom stereocenters. The van der Waals surface area contributed by atoms with Gasteiger partial charge in [0, 0.05) is 4.88 Å². The molecule has 28 heavy (non-hydrogen) atoms. The third-order valence-corrected chi connectivity index (χ3v) is 6.05. The van der Waals surface area contributed by atoms with Crippen molar-refractivity contribution in [1.29, 1.82) is 0 Å². The number of esters is 2. The molecule has 0 saturated heterocycles. The summed E-state index contributed by atoms with van der Waals surface area (Å²) in [6, 6.07) is -0.982. The molecular weight excluding hydrogens is 380 g/mol. The number of ether oxygens (including phenoxy) is 2. The van der Waals surface area contributed by atoms with Crippen LogP contribution >= 0.6 is 11.3 Å². The van der Waals surface area contributed by atoms with Crippen molar-refractivity contribution in [2.45, 2.75) is 66.0 Å². The van der Waals surface area contributed by atoms with Gasteiger partial charge in [-0.25, -0.2) is 14.6 Å². The molecule has 152 valence electrons. The van der Waals surface area contributed by atoms with Crippen molar-refractivity contribution >= 4 is 33.5 Å². The molecule has 0 amide bonds. The van der Waals surface area contributed by atoms with Crippen molar-refractivity contribution in [2.24, 2.45) is 5.92 Å². The summed E-state index contributed by atoms with van der Waals surface area (Å²) < 4.78 is 11.5. The van der Waals surface area contributed by atoms with Crippen molar-refractivity contribution in [3.63, 3.8) is 0 Å². The molecule has 0 spiro atoms. The van der Waals surface area contributed by atoms with Crippen molar-refractivity contribution in [1.82, 2.24) is 9.55 Å². The lowest BCUT2D eigenvalue weighted by atomic mass is 9.89. The molecule has 7 nitrogen and oxygen atoms in total. The summed E-state index contributed by atoms with van der Waals surface area (Å²) in [7, 11) is 0. The maximum Gasteiger partial charge on any atom is 0.374 e. The van der Waals surface area contributed by atoms with Crippen molar-refractivity contribution in [2.75, 3.05) is 6.61 Å². The number of thiophene rings is 1. The molecule has 0 saturated carbocycles. The topological polar surface area (TPSA) is 87.5 Å². The van der Waals surface area contributed by atoms with Gasteiger partial charge in [-0.3, -0.25) is 9.36 Å². The Bertz CT molecular complexity index is 975. The Morgan fingerprint density at radius 1 is 1.32 bits per heavy atom. The summed E-state index contributed by atoms with van der Waals surface area (Å²) in [5.41, 5.74) is 0.623. The third kappa shape index (κ3) is 3.70. The molecule has 0 radical (unpaired) electrons. The van der Waals surface area contributed by atoms with Crippen molar-refractivity contribution < 1.29 is 19.1 Å². The van der Waals surface area contributed by atoms with Gasteiger partial charge >= 0.3 is 11.9 Å². The smallest absolute Gasteiger partial charge is 0.374 e. The summed E-state index contributed by atoms with van der Waals surface area (Å²) in [6.45, 7) is 9.03. The fraction of sp³-hybridized carbons (Fsp3) is 0.600. The molecule has 2 aromatic heterocycles. The van der Waals surface area contributed by atoms with E-state index in [1.807, 2.05) is 0 Å². The van der Waals surface area contributed by atoms with Crippen LogP contribution in [0.25, 0.3) is 10.2 Å². The second-order valence-electron chi connectivity index (χ2n) is 7.52. The Balaban J connectivity index is 2.22. The van der Waals surface area contributed by atoms with E-state index >= 15 is 0 Å². The standard InChI is InChI=1S/C20H26N2O5S/c1-6-26-20(25)16-21-17-15(13-8-7-11(4)9-14(13)28-17)18(23)22(16)12(5)19(24)27-10(2)3/h10-12H,6-9H2,1-5H3/t11-,12+/m0/s1. The highest BCUT2D eigenvalue weighted by Gasteiger charge is 2.31. The maximum absolute atomic E-state index is 13.4. The normalized spacial score (nSPS) is 17.4. The van der Waals surface area contributed by atoms with E-state index < -0.39 is 18.0 Å². The van der Waals surface area contributed by atoms with E-state index in [4.69, 9.17) is 9.47 Å². The number of nitrogens with zero attached hydrogens (tertiary/aromatic N) is 2. The van der Waals surface area contributed by atoms with Crippen LogP contribution in [-0.2, 0) is 27.1 Å². The van der Waals surface area contributed by atoms with Gasteiger partial charge in [-0.05, 0) is 58.4 Å². The molecule has 1 aliphatic carbocycles. The Kier molecular flexibility index (Phi) is 5.88. The first-order valence-electron chi connectivity index (χ1n) is 9.68. The number of aryl methyl sites for hydroxylation is 1. The first kappa shape index (κ1) is 20.5. The second-order valence-corrected chi connectivity index (χ2v) is 8.61. The second kappa shape index (κ2) is 8.03. The molecule has 8 heteroatoms. The first-order valence-corrected chi connectivity index (χ1v) is 10.5. The lowest BCUT2D eigenvalue weighted by molar-refractivity contribution is -0.151. The van der Waals surface area contributed by atoms with E-state index in [1.165, 1.54) is 11.3 Å². The third-order valence-electron chi connectivity index (χ3n) is 4.90. The number of carbonyl (C=O) groups excluding carboxylic acids is 2. The number of aromatic nitrogens is 2. The van der Waals surface area contributed by atoms with Crippen LogP contribution in [0.15, 0.2) is 4.79 Å². The van der Waals surface area contributed by atoms with Crippen LogP contribution in [0.1, 0.15) is 68.1 Å². The van der Waals surface area contributed by atoms with Crippen LogP contribution < -0.4 is 5.56 Å². The van der Waals surface area contributed by atoms with Gasteiger partial charge < -0.3 is 9.47 Å². The summed E-state index contributed by atoms with van der Waals surface area (Å²) >= 11 is 1.46. The average Bonchev–Trinajstić information content (AvgIpc) is 2.98. The van der Waals surface area contributed by atoms with Crippen LogP contribution in [0.2, 0.25) is 0 Å². The van der Waals surface area contributed by atoms with Gasteiger partial charge in [-0.1, -0.05) is 6.92 Å². The minimum absolute atomic E-state index is 0.149. The van der Waals surface area contributed by atoms with Gasteiger partial charge in [0.05, 0.1) is 18.1 Å². The summed E-state index contributed by atoms with van der Waals surface area (Å²) in [6.07, 6.45) is 2.37. The molecule has 2 heterocycles. The molecule has 0 fully saturated rings. The number of hydrogen-bond donors (Lipinski definition) is 0. The van der Waals surface area contributed by atoms with E-state index in [1.54, 1.807) is 27.7 Å². The van der Waals surface area contributed by atoms with Crippen LogP contribution in [-0.4, -0.2) is 34.2 Å². The Hall–Kier alpha value is -2.22. The van der Waals surface area contributed by atoms with Crippen molar-refractivity contribution in [3.05, 3.63) is 26.6 Å². The number of carbonyl (C=O) groups is 2. The largest absolute Gasteiger partial charge is 0.461 e. The molecule has 0 bridgehead atoms. The molecule has 0 aromatic carbocycles. The zero-order valence-corrected chi connectivity index (χ0v) is 17.7. The van der Waals surface area contributed by atoms with Gasteiger partial charge in [0.15, 0.2) is 0 Å². The SMILES string of the molecule is CCOC(=O)c1nc2sc3c(c2c(=O)n1[C@H](C)C(=O)OC(C)C)CC[C@H](C)C3. The van der Waals surface area contributed by atoms with Crippen molar-refractivity contribution in [3.8, 4) is 0 Å². The number of rotatable bonds is 5. The fourth-order valence-electron chi connectivity index (χ4n) is 3.54. The van der Waals surface area contributed by atoms with Gasteiger partial charge in [-0.15, -0.1) is 11.3 Å². The molecule has 3 rings (SSSR count). The minimum Gasteiger partial charge on any atom is -0.461 e. The molecular formula is C20H26N2O5S. The summed E-state index contributed by atoms with van der Waals surface area (Å²) in [5, 5.41) is 0.518. The zero-order chi connectivity index (χ0) is 20.6. The highest BCUT2D eigenvalue weighted by molar-refractivity contribution is 7.18. The zero-order valence-electron chi connectivity index (χ0n) is 16.9. The lowest BCUT2D eigenvalue weighted by Gasteiger charge is -2.20. The van der Waals surface area contributed by atoms with Gasteiger partial charge in [0.2, 0.25) is 5.82 Å². The highest BCUT2D eigenvalue weighted by Crippen LogP contribution is 2.36. The van der Waals surface area contributed by atoms with E-state index in [2.05, 4.69) is 11.9 Å². The predicted molar refractivity (Wildman–Crippen MR) is 107 cm³/mol. The monoisotopic (exact) mass is 406 g/mol. The number of fused-ring (bicyclic) bond motifs is 3. The van der Waals surface area contributed by atoms with Crippen LogP contribution in [0.3, 0.4) is 0 Å². The van der Waals surface area contributed by atoms with Crippen LogP contribution in [0.4, 0.5) is 0 Å². The highest BCUT2D eigenvalue weighted by atomic mass is 32.1. The van der Waals surface area contributed by atoms with Crippen LogP contribution in [0, 0.1) is 5.92 Å². The van der Waals surface area contributed by atoms with E-state index in [0.29, 0.717) is 16.1 Å². The maximum atomic E-state index is 13.4. The Morgan fingerprint density at radius 3 is 2.68 bits per heavy atom. The molecule has 0 N–H and O–H groups in total. The van der Waals surface area contributed by atoms with Gasteiger partial charge in [0.1, 0.15) is 10.9 Å². The molecule has 1 aliphatic rings. The quantitative estimate of drug-likeness (QED) is 0.708. The summed E-state index contributed by atoms with van der Waals surface area (Å²) in [4.78, 5) is 44.6. The lowest BCUT2D eigenvalue weighted by Crippen LogP contribution is -2.35. The Morgan fingerprint density at radius 2 is 2.04 bits per heavy atom. The molecule has 0 aliphatic heterocycles. The minimum atomic E-state index is -0.982. The van der Waals surface area contributed by atoms with Gasteiger partial charge in [-0.2, -0.15) is 0 Å². The van der Waals surface area contributed by atoms with E-state index in [0.717, 1.165) is 34.3 Å². The average molecular weight is 407 g/mol. The van der Waals surface area contributed by atoms with E-state index in [9.17, 15) is 14.4 Å². The van der Waals surface area contributed by atoms with E-state index in [-0.39, 0.29) is 24.1 Å². The summed E-state index contributed by atoms with van der Waals surface area (Å²) in [5.74, 6) is -0.904. The molecule has 0 unspecified atom stereocenters. The number of hydrogen-bond acceptors (Lipinski definition) is 7. The predicted octanol–water partition coefficient (Wildman–Crippen LogP) is 3.27. The van der Waals surface area contributed by atoms with Gasteiger partial charge in [0.25, 0.3) is 5.56 Å². The first-order chi connectivity index (χ1) is 13.2. The van der Waals surface area contributed by atoms with Crippen LogP contribution in [0.5, 0.6) is 0 Å². The fourth-order valence-corrected chi connectivity index (χ4v) is 4.91. The Labute approximate surface area is 167 Å². The molecule has 2 aromatic rings.